The van der Waals surface area contributed by atoms with Gasteiger partial charge >= 0.3 is 0 Å². The molecule has 1 aliphatic rings. The molecule has 7 aromatic carbocycles. The van der Waals surface area contributed by atoms with Crippen LogP contribution in [0.2, 0.25) is 0 Å². The highest BCUT2D eigenvalue weighted by Crippen LogP contribution is 2.44. The molecule has 0 saturated heterocycles. The molecule has 0 fully saturated rings. The Kier molecular flexibility index (Phi) is 7.35. The van der Waals surface area contributed by atoms with E-state index in [9.17, 15) is 0 Å². The topological polar surface area (TPSA) is 30.1 Å². The predicted octanol–water partition coefficient (Wildman–Crippen LogP) is 13.5. The standard InChI is InChI=1S/C52H42BN2OS/c1-51(2,3)31-16-19-33(20-17-31)54-43-23-18-32(52(4,5)6)24-37(43)35-21-22-36-38-25-40-34-14-10-11-15-47(34)57-48(40)28-44(38)55-45-26-39-41(30-12-8-7-9-13-30)29-56-46(39)27-42(45)53-49(35)50(36)55/h7-29,54H,1-6H3. The quantitative estimate of drug-likeness (QED) is 0.181. The van der Waals surface area contributed by atoms with E-state index in [0.717, 1.165) is 38.9 Å². The number of nitrogens with zero attached hydrogens (tertiary/aromatic N) is 1. The van der Waals surface area contributed by atoms with Gasteiger partial charge in [-0.15, -0.1) is 11.3 Å². The van der Waals surface area contributed by atoms with Crippen molar-refractivity contribution in [2.75, 3.05) is 5.32 Å². The number of thiophene rings is 1. The summed E-state index contributed by atoms with van der Waals surface area (Å²) in [5.74, 6) is 0. The van der Waals surface area contributed by atoms with Crippen LogP contribution in [0.1, 0.15) is 52.7 Å². The molecule has 11 rings (SSSR count). The minimum atomic E-state index is -0.0238. The number of hydrogen-bond acceptors (Lipinski definition) is 3. The number of fused-ring (bicyclic) bond motifs is 9. The average Bonchev–Trinajstić information content (AvgIpc) is 3.88. The van der Waals surface area contributed by atoms with E-state index >= 15 is 0 Å². The van der Waals surface area contributed by atoms with Crippen molar-refractivity contribution in [1.82, 2.24) is 4.57 Å². The summed E-state index contributed by atoms with van der Waals surface area (Å²) in [6, 6.07) is 49.4. The molecule has 0 bridgehead atoms. The Balaban J connectivity index is 1.19. The molecule has 275 valence electrons. The Labute approximate surface area is 337 Å². The average molecular weight is 754 g/mol. The molecule has 0 spiro atoms. The van der Waals surface area contributed by atoms with Crippen LogP contribution in [0.4, 0.5) is 11.4 Å². The fourth-order valence-electron chi connectivity index (χ4n) is 8.91. The third-order valence-corrected chi connectivity index (χ3v) is 13.2. The minimum absolute atomic E-state index is 0.0238. The Morgan fingerprint density at radius 1 is 0.579 bits per heavy atom. The predicted molar refractivity (Wildman–Crippen MR) is 246 cm³/mol. The van der Waals surface area contributed by atoms with Crippen LogP contribution >= 0.6 is 11.3 Å². The second kappa shape index (κ2) is 12.2. The van der Waals surface area contributed by atoms with Crippen LogP contribution < -0.4 is 16.2 Å². The fourth-order valence-corrected chi connectivity index (χ4v) is 10.0. The van der Waals surface area contributed by atoms with Crippen molar-refractivity contribution in [3.63, 3.8) is 0 Å². The summed E-state index contributed by atoms with van der Waals surface area (Å²) in [4.78, 5) is 0. The molecule has 3 nitrogen and oxygen atoms in total. The van der Waals surface area contributed by atoms with Gasteiger partial charge in [0, 0.05) is 70.0 Å². The number of hydrogen-bond donors (Lipinski definition) is 1. The number of furan rings is 1. The molecular formula is C52H42BN2OS. The summed E-state index contributed by atoms with van der Waals surface area (Å²) in [6.45, 7) is 13.7. The lowest BCUT2D eigenvalue weighted by molar-refractivity contribution is 0.590. The lowest BCUT2D eigenvalue weighted by Crippen LogP contribution is -2.37. The van der Waals surface area contributed by atoms with Crippen molar-refractivity contribution < 1.29 is 4.42 Å². The van der Waals surface area contributed by atoms with E-state index in [0.29, 0.717) is 0 Å². The summed E-state index contributed by atoms with van der Waals surface area (Å²) < 4.78 is 11.5. The van der Waals surface area contributed by atoms with E-state index in [1.165, 1.54) is 75.4 Å². The second-order valence-electron chi connectivity index (χ2n) is 17.8. The number of rotatable bonds is 4. The van der Waals surface area contributed by atoms with Crippen molar-refractivity contribution in [2.24, 2.45) is 0 Å². The summed E-state index contributed by atoms with van der Waals surface area (Å²) in [5.41, 5.74) is 16.4. The van der Waals surface area contributed by atoms with E-state index in [4.69, 9.17) is 4.42 Å². The highest BCUT2D eigenvalue weighted by molar-refractivity contribution is 7.25. The van der Waals surface area contributed by atoms with Gasteiger partial charge in [-0.25, -0.2) is 0 Å². The molecule has 4 heterocycles. The van der Waals surface area contributed by atoms with Gasteiger partial charge in [0.15, 0.2) is 7.28 Å². The zero-order valence-corrected chi connectivity index (χ0v) is 33.9. The molecule has 1 radical (unpaired) electrons. The number of aromatic nitrogens is 1. The highest BCUT2D eigenvalue weighted by atomic mass is 32.1. The van der Waals surface area contributed by atoms with Crippen LogP contribution in [0.5, 0.6) is 0 Å². The largest absolute Gasteiger partial charge is 0.464 e. The first kappa shape index (κ1) is 34.2. The van der Waals surface area contributed by atoms with Crippen LogP contribution in [-0.4, -0.2) is 11.8 Å². The molecule has 1 aliphatic heterocycles. The first-order chi connectivity index (χ1) is 27.5. The van der Waals surface area contributed by atoms with Gasteiger partial charge in [-0.1, -0.05) is 126 Å². The Bertz CT molecular complexity index is 3240. The molecule has 0 atom stereocenters. The van der Waals surface area contributed by atoms with Gasteiger partial charge in [-0.05, 0) is 93.1 Å². The molecule has 10 aromatic rings. The third kappa shape index (κ3) is 5.40. The fraction of sp³-hybridized carbons (Fsp3) is 0.154. The summed E-state index contributed by atoms with van der Waals surface area (Å²) in [5, 5.41) is 10.1. The Morgan fingerprint density at radius 2 is 1.33 bits per heavy atom. The molecule has 0 unspecified atom stereocenters. The molecule has 0 aliphatic carbocycles. The molecule has 0 saturated carbocycles. The second-order valence-corrected chi connectivity index (χ2v) is 18.8. The number of benzene rings is 7. The van der Waals surface area contributed by atoms with Crippen molar-refractivity contribution in [1.29, 1.82) is 0 Å². The van der Waals surface area contributed by atoms with E-state index in [2.05, 4.69) is 192 Å². The molecule has 5 heteroatoms. The monoisotopic (exact) mass is 753 g/mol. The third-order valence-electron chi connectivity index (χ3n) is 12.0. The molecule has 57 heavy (non-hydrogen) atoms. The Morgan fingerprint density at radius 3 is 2.12 bits per heavy atom. The van der Waals surface area contributed by atoms with Crippen LogP contribution in [0.25, 0.3) is 80.9 Å². The molecule has 0 amide bonds. The van der Waals surface area contributed by atoms with Crippen LogP contribution in [0.3, 0.4) is 0 Å². The van der Waals surface area contributed by atoms with Crippen molar-refractivity contribution in [2.45, 2.75) is 52.4 Å². The van der Waals surface area contributed by atoms with Crippen molar-refractivity contribution in [3.05, 3.63) is 151 Å². The van der Waals surface area contributed by atoms with Gasteiger partial charge in [0.2, 0.25) is 0 Å². The van der Waals surface area contributed by atoms with Gasteiger partial charge in [-0.2, -0.15) is 0 Å². The van der Waals surface area contributed by atoms with E-state index in [1.54, 1.807) is 0 Å². The first-order valence-electron chi connectivity index (χ1n) is 19.9. The highest BCUT2D eigenvalue weighted by Gasteiger charge is 2.29. The first-order valence-corrected chi connectivity index (χ1v) is 20.7. The summed E-state index contributed by atoms with van der Waals surface area (Å²) in [6.07, 6.45) is 1.91. The molecule has 3 aromatic heterocycles. The van der Waals surface area contributed by atoms with E-state index in [-0.39, 0.29) is 10.8 Å². The smallest absolute Gasteiger partial charge is 0.198 e. The van der Waals surface area contributed by atoms with Gasteiger partial charge in [0.1, 0.15) is 5.58 Å². The van der Waals surface area contributed by atoms with Gasteiger partial charge in [-0.3, -0.25) is 0 Å². The lowest BCUT2D eigenvalue weighted by Gasteiger charge is -2.26. The van der Waals surface area contributed by atoms with Crippen molar-refractivity contribution >= 4 is 93.9 Å². The maximum Gasteiger partial charge on any atom is 0.198 e. The lowest BCUT2D eigenvalue weighted by atomic mass is 9.59. The van der Waals surface area contributed by atoms with Gasteiger partial charge in [0.25, 0.3) is 0 Å². The summed E-state index contributed by atoms with van der Waals surface area (Å²) >= 11 is 1.88. The normalized spacial score (nSPS) is 12.9. The SMILES string of the molecule is CC(C)(C)c1ccc(Nc2ccc(C(C)(C)C)cc2-c2ccc3c4cc5c(cc4n4c3c2[B]c2cc3occ(-c6ccccc6)c3cc2-4)sc2ccccc25)cc1. The van der Waals surface area contributed by atoms with E-state index in [1.807, 2.05) is 17.6 Å². The maximum absolute atomic E-state index is 6.34. The van der Waals surface area contributed by atoms with Crippen LogP contribution in [-0.2, 0) is 10.8 Å². The number of anilines is 2. The van der Waals surface area contributed by atoms with Crippen LogP contribution in [0.15, 0.2) is 144 Å². The zero-order valence-electron chi connectivity index (χ0n) is 33.1. The number of nitrogens with one attached hydrogen (secondary N) is 1. The van der Waals surface area contributed by atoms with E-state index < -0.39 is 0 Å². The zero-order chi connectivity index (χ0) is 38.8. The maximum atomic E-state index is 6.34. The summed E-state index contributed by atoms with van der Waals surface area (Å²) in [7, 11) is 2.40. The van der Waals surface area contributed by atoms with Gasteiger partial charge < -0.3 is 14.3 Å². The van der Waals surface area contributed by atoms with Crippen LogP contribution in [0, 0.1) is 0 Å². The molecular weight excluding hydrogens is 711 g/mol. The molecule has 1 N–H and O–H groups in total. The minimum Gasteiger partial charge on any atom is -0.464 e. The Hall–Kier alpha value is -6.04. The van der Waals surface area contributed by atoms with Gasteiger partial charge in [0.05, 0.1) is 11.8 Å². The van der Waals surface area contributed by atoms with Crippen molar-refractivity contribution in [3.8, 4) is 27.9 Å².